The van der Waals surface area contributed by atoms with E-state index in [1.54, 1.807) is 0 Å². The topological polar surface area (TPSA) is 12.0 Å². The Balaban J connectivity index is 2.31. The van der Waals surface area contributed by atoms with Crippen LogP contribution in [0, 0.1) is 0 Å². The van der Waals surface area contributed by atoms with Crippen molar-refractivity contribution in [3.63, 3.8) is 0 Å². The lowest BCUT2D eigenvalue weighted by molar-refractivity contribution is 0.382. The van der Waals surface area contributed by atoms with Crippen molar-refractivity contribution in [3.05, 3.63) is 33.3 Å². The van der Waals surface area contributed by atoms with Crippen LogP contribution in [0.1, 0.15) is 18.0 Å². The normalized spacial score (nSPS) is 22.0. The fourth-order valence-corrected chi connectivity index (χ4v) is 2.30. The molecule has 1 N–H and O–H groups in total. The van der Waals surface area contributed by atoms with Gasteiger partial charge < -0.3 is 5.32 Å². The number of benzene rings is 1. The molecule has 2 rings (SSSR count). The summed E-state index contributed by atoms with van der Waals surface area (Å²) in [6.07, 6.45) is 1.22. The maximum atomic E-state index is 5.83. The summed E-state index contributed by atoms with van der Waals surface area (Å²) in [7, 11) is 0. The largest absolute Gasteiger partial charge is 0.310 e. The van der Waals surface area contributed by atoms with Gasteiger partial charge in [-0.25, -0.2) is 0 Å². The van der Waals surface area contributed by atoms with Crippen molar-refractivity contribution in [2.75, 3.05) is 6.54 Å². The molecule has 0 bridgehead atoms. The second-order valence-electron chi connectivity index (χ2n) is 2.96. The fourth-order valence-electron chi connectivity index (χ4n) is 1.34. The number of rotatable bonds is 1. The van der Waals surface area contributed by atoms with Crippen LogP contribution in [0.4, 0.5) is 0 Å². The molecule has 1 unspecified atom stereocenters. The minimum atomic E-state index is 0.525. The van der Waals surface area contributed by atoms with Crippen LogP contribution in [0.3, 0.4) is 0 Å². The molecule has 1 aromatic rings. The van der Waals surface area contributed by atoms with E-state index in [9.17, 15) is 0 Å². The molecular formula is C9H9BrClN. The average Bonchev–Trinajstić information content (AvgIpc) is 1.91. The molecule has 3 heteroatoms. The Bertz CT molecular complexity index is 297. The lowest BCUT2D eigenvalue weighted by Gasteiger charge is -2.28. The summed E-state index contributed by atoms with van der Waals surface area (Å²) in [5.41, 5.74) is 1.31. The molecule has 1 heterocycles. The Hall–Kier alpha value is -0.0500. The van der Waals surface area contributed by atoms with Crippen molar-refractivity contribution >= 4 is 27.5 Å². The minimum absolute atomic E-state index is 0.525. The van der Waals surface area contributed by atoms with E-state index in [1.165, 1.54) is 12.0 Å². The molecule has 1 atom stereocenters. The Kier molecular flexibility index (Phi) is 2.40. The van der Waals surface area contributed by atoms with Gasteiger partial charge in [-0.05, 0) is 30.7 Å². The molecule has 1 fully saturated rings. The Morgan fingerprint density at radius 3 is 2.75 bits per heavy atom. The maximum absolute atomic E-state index is 5.83. The van der Waals surface area contributed by atoms with Gasteiger partial charge in [-0.2, -0.15) is 0 Å². The number of hydrogen-bond acceptors (Lipinski definition) is 1. The smallest absolute Gasteiger partial charge is 0.0417 e. The Labute approximate surface area is 85.2 Å². The third-order valence-corrected chi connectivity index (χ3v) is 3.08. The molecule has 0 radical (unpaired) electrons. The van der Waals surface area contributed by atoms with E-state index in [-0.39, 0.29) is 0 Å². The first-order valence-electron chi connectivity index (χ1n) is 3.96. The standard InChI is InChI=1S/C9H9BrClN/c10-8-5-6(11)1-2-7(8)9-3-4-12-9/h1-2,5,9,12H,3-4H2. The molecule has 0 amide bonds. The maximum Gasteiger partial charge on any atom is 0.0417 e. The molecule has 0 spiro atoms. The van der Waals surface area contributed by atoms with Crippen molar-refractivity contribution < 1.29 is 0 Å². The van der Waals surface area contributed by atoms with Gasteiger partial charge in [-0.15, -0.1) is 0 Å². The predicted molar refractivity (Wildman–Crippen MR) is 54.5 cm³/mol. The van der Waals surface area contributed by atoms with Crippen LogP contribution < -0.4 is 5.32 Å². The third-order valence-electron chi connectivity index (χ3n) is 2.16. The van der Waals surface area contributed by atoms with Gasteiger partial charge in [0.2, 0.25) is 0 Å². The van der Waals surface area contributed by atoms with E-state index < -0.39 is 0 Å². The summed E-state index contributed by atoms with van der Waals surface area (Å²) in [5, 5.41) is 4.13. The first-order valence-corrected chi connectivity index (χ1v) is 5.13. The van der Waals surface area contributed by atoms with Crippen LogP contribution in [0.15, 0.2) is 22.7 Å². The molecule has 12 heavy (non-hydrogen) atoms. The van der Waals surface area contributed by atoms with Gasteiger partial charge in [0.1, 0.15) is 0 Å². The molecule has 0 aromatic heterocycles. The molecule has 1 aromatic carbocycles. The van der Waals surface area contributed by atoms with Gasteiger partial charge in [-0.1, -0.05) is 33.6 Å². The van der Waals surface area contributed by atoms with Crippen LogP contribution in [0.5, 0.6) is 0 Å². The predicted octanol–water partition coefficient (Wildman–Crippen LogP) is 3.14. The highest BCUT2D eigenvalue weighted by molar-refractivity contribution is 9.10. The summed E-state index contributed by atoms with van der Waals surface area (Å²) in [6.45, 7) is 1.12. The van der Waals surface area contributed by atoms with Crippen LogP contribution in [-0.2, 0) is 0 Å². The molecule has 1 aliphatic heterocycles. The van der Waals surface area contributed by atoms with Crippen LogP contribution in [0.25, 0.3) is 0 Å². The highest BCUT2D eigenvalue weighted by Crippen LogP contribution is 2.31. The fraction of sp³-hybridized carbons (Fsp3) is 0.333. The minimum Gasteiger partial charge on any atom is -0.310 e. The molecule has 64 valence electrons. The van der Waals surface area contributed by atoms with Crippen molar-refractivity contribution in [2.24, 2.45) is 0 Å². The average molecular weight is 247 g/mol. The van der Waals surface area contributed by atoms with Crippen molar-refractivity contribution in [1.82, 2.24) is 5.32 Å². The van der Waals surface area contributed by atoms with E-state index in [0.29, 0.717) is 6.04 Å². The molecule has 1 saturated heterocycles. The zero-order valence-corrected chi connectivity index (χ0v) is 8.82. The summed E-state index contributed by atoms with van der Waals surface area (Å²) >= 11 is 9.33. The summed E-state index contributed by atoms with van der Waals surface area (Å²) in [4.78, 5) is 0. The van der Waals surface area contributed by atoms with E-state index in [2.05, 4.69) is 27.3 Å². The number of halogens is 2. The second-order valence-corrected chi connectivity index (χ2v) is 4.25. The lowest BCUT2D eigenvalue weighted by Crippen LogP contribution is -2.35. The van der Waals surface area contributed by atoms with Crippen molar-refractivity contribution in [1.29, 1.82) is 0 Å². The van der Waals surface area contributed by atoms with E-state index in [1.807, 2.05) is 12.1 Å². The zero-order chi connectivity index (χ0) is 8.55. The molecule has 0 aliphatic carbocycles. The second kappa shape index (κ2) is 3.36. The Morgan fingerprint density at radius 2 is 2.25 bits per heavy atom. The van der Waals surface area contributed by atoms with Gasteiger partial charge in [0.15, 0.2) is 0 Å². The van der Waals surface area contributed by atoms with Gasteiger partial charge in [0, 0.05) is 15.5 Å². The first-order chi connectivity index (χ1) is 5.77. The zero-order valence-electron chi connectivity index (χ0n) is 6.48. The van der Waals surface area contributed by atoms with Gasteiger partial charge in [0.25, 0.3) is 0 Å². The van der Waals surface area contributed by atoms with E-state index in [0.717, 1.165) is 16.0 Å². The van der Waals surface area contributed by atoms with Crippen molar-refractivity contribution in [3.8, 4) is 0 Å². The van der Waals surface area contributed by atoms with Crippen molar-refractivity contribution in [2.45, 2.75) is 12.5 Å². The molecule has 1 nitrogen and oxygen atoms in total. The molecule has 0 saturated carbocycles. The summed E-state index contributed by atoms with van der Waals surface area (Å²) < 4.78 is 1.10. The molecule has 1 aliphatic rings. The molecular weight excluding hydrogens is 237 g/mol. The quantitative estimate of drug-likeness (QED) is 0.803. The third kappa shape index (κ3) is 1.51. The first kappa shape index (κ1) is 8.54. The van der Waals surface area contributed by atoms with E-state index in [4.69, 9.17) is 11.6 Å². The SMILES string of the molecule is Clc1ccc(C2CCN2)c(Br)c1. The Morgan fingerprint density at radius 1 is 1.50 bits per heavy atom. The van der Waals surface area contributed by atoms with Crippen LogP contribution in [0.2, 0.25) is 5.02 Å². The number of nitrogens with one attached hydrogen (secondary N) is 1. The van der Waals surface area contributed by atoms with Gasteiger partial charge in [-0.3, -0.25) is 0 Å². The summed E-state index contributed by atoms with van der Waals surface area (Å²) in [6, 6.07) is 6.47. The highest BCUT2D eigenvalue weighted by Gasteiger charge is 2.20. The monoisotopic (exact) mass is 245 g/mol. The highest BCUT2D eigenvalue weighted by atomic mass is 79.9. The lowest BCUT2D eigenvalue weighted by atomic mass is 9.98. The van der Waals surface area contributed by atoms with E-state index >= 15 is 0 Å². The number of hydrogen-bond donors (Lipinski definition) is 1. The summed E-state index contributed by atoms with van der Waals surface area (Å²) in [5.74, 6) is 0. The van der Waals surface area contributed by atoms with Gasteiger partial charge >= 0.3 is 0 Å². The van der Waals surface area contributed by atoms with Crippen LogP contribution in [-0.4, -0.2) is 6.54 Å². The van der Waals surface area contributed by atoms with Gasteiger partial charge in [0.05, 0.1) is 0 Å². The van der Waals surface area contributed by atoms with Crippen LogP contribution >= 0.6 is 27.5 Å².